The lowest BCUT2D eigenvalue weighted by Gasteiger charge is -2.45. The first-order valence-corrected chi connectivity index (χ1v) is 20.6. The second-order valence-corrected chi connectivity index (χ2v) is 20.1. The molecule has 0 spiro atoms. The summed E-state index contributed by atoms with van der Waals surface area (Å²) in [7, 11) is -2.09. The Hall–Kier alpha value is -1.86. The molecule has 3 saturated carbocycles. The van der Waals surface area contributed by atoms with Crippen molar-refractivity contribution < 1.29 is 32.4 Å². The van der Waals surface area contributed by atoms with Gasteiger partial charge in [0, 0.05) is 24.3 Å². The zero-order chi connectivity index (χ0) is 35.9. The highest BCUT2D eigenvalue weighted by molar-refractivity contribution is 7.92. The van der Waals surface area contributed by atoms with Crippen LogP contribution in [0.25, 0.3) is 0 Å². The van der Waals surface area contributed by atoms with Crippen molar-refractivity contribution in [2.75, 3.05) is 12.3 Å². The zero-order valence-corrected chi connectivity index (χ0v) is 31.5. The molecule has 5 aliphatic rings. The number of carbonyl (C=O) groups is 5. The molecular formula is C34H52BCl2N4O7S. The van der Waals surface area contributed by atoms with Crippen LogP contribution in [-0.4, -0.2) is 95.5 Å². The van der Waals surface area contributed by atoms with Crippen LogP contribution in [0.2, 0.25) is 5.82 Å². The molecule has 2 heterocycles. The minimum Gasteiger partial charge on any atom is -0.347 e. The summed E-state index contributed by atoms with van der Waals surface area (Å²) >= 11 is 13.4. The van der Waals surface area contributed by atoms with E-state index in [-0.39, 0.29) is 24.3 Å². The summed E-state index contributed by atoms with van der Waals surface area (Å²) in [5.74, 6) is -3.46. The lowest BCUT2D eigenvalue weighted by atomic mass is 9.53. The lowest BCUT2D eigenvalue weighted by molar-refractivity contribution is -0.140. The van der Waals surface area contributed by atoms with E-state index in [0.717, 1.165) is 38.5 Å². The van der Waals surface area contributed by atoms with Crippen LogP contribution in [0.5, 0.6) is 0 Å². The highest BCUT2D eigenvalue weighted by Gasteiger charge is 2.64. The molecule has 0 aromatic carbocycles. The van der Waals surface area contributed by atoms with Crippen molar-refractivity contribution in [3.05, 3.63) is 0 Å². The Kier molecular flexibility index (Phi) is 11.5. The molecule has 273 valence electrons. The van der Waals surface area contributed by atoms with Crippen LogP contribution in [-0.2, 0) is 29.0 Å². The van der Waals surface area contributed by atoms with E-state index in [9.17, 15) is 32.4 Å². The first-order valence-electron chi connectivity index (χ1n) is 18.1. The van der Waals surface area contributed by atoms with Crippen LogP contribution in [0.1, 0.15) is 111 Å². The number of hydrogen-bond acceptors (Lipinski definition) is 7. The molecule has 6 atom stereocenters. The van der Waals surface area contributed by atoms with E-state index in [1.807, 2.05) is 27.7 Å². The molecule has 4 amide bonds. The highest BCUT2D eigenvalue weighted by atomic mass is 35.5. The normalized spacial score (nSPS) is 29.5. The van der Waals surface area contributed by atoms with Gasteiger partial charge in [0.15, 0.2) is 9.84 Å². The Balaban J connectivity index is 1.37. The molecule has 0 aromatic heterocycles. The van der Waals surface area contributed by atoms with E-state index in [2.05, 4.69) is 16.0 Å². The van der Waals surface area contributed by atoms with Gasteiger partial charge in [-0.2, -0.15) is 0 Å². The fourth-order valence-electron chi connectivity index (χ4n) is 8.57. The van der Waals surface area contributed by atoms with Gasteiger partial charge in [0.05, 0.1) is 22.6 Å². The predicted octanol–water partition coefficient (Wildman–Crippen LogP) is 4.06. The summed E-state index contributed by atoms with van der Waals surface area (Å²) < 4.78 is 24.9. The number of halogens is 2. The molecular weight excluding hydrogens is 690 g/mol. The maximum absolute atomic E-state index is 14.5. The third-order valence-electron chi connectivity index (χ3n) is 11.4. The number of amides is 4. The van der Waals surface area contributed by atoms with Gasteiger partial charge in [-0.05, 0) is 62.7 Å². The minimum absolute atomic E-state index is 0.0136. The van der Waals surface area contributed by atoms with Crippen molar-refractivity contribution in [3.63, 3.8) is 0 Å². The largest absolute Gasteiger partial charge is 0.347 e. The standard InChI is InChI=1S/C34H52BCl2N4O7S/c1-5-6-11-22(26(42)29(44)38-21-13-14-21)35-28(43)25-24-20(18-34(24,36)37)19-41(25)30(45)27(32(2,3)4)39-31(46)40-33(15-8-7-9-16-33)23-12-10-17-49(23,47)48/h20-25,27H,5-19H2,1-4H3,(H,38,44)(H2,39,40,46). The molecule has 2 saturated heterocycles. The van der Waals surface area contributed by atoms with Crippen molar-refractivity contribution in [2.24, 2.45) is 17.3 Å². The molecule has 2 aliphatic heterocycles. The predicted molar refractivity (Wildman–Crippen MR) is 189 cm³/mol. The number of rotatable bonds is 13. The number of likely N-dealkylation sites (tertiary alicyclic amines) is 1. The molecule has 0 bridgehead atoms. The fraction of sp³-hybridized carbons (Fsp3) is 0.853. The zero-order valence-electron chi connectivity index (χ0n) is 29.2. The van der Waals surface area contributed by atoms with Crippen LogP contribution in [0.15, 0.2) is 0 Å². The summed E-state index contributed by atoms with van der Waals surface area (Å²) in [4.78, 5) is 69.9. The third kappa shape index (κ3) is 8.29. The van der Waals surface area contributed by atoms with Crippen molar-refractivity contribution in [1.82, 2.24) is 20.9 Å². The van der Waals surface area contributed by atoms with Crippen LogP contribution in [0.4, 0.5) is 4.79 Å². The van der Waals surface area contributed by atoms with Crippen LogP contribution < -0.4 is 16.0 Å². The Labute approximate surface area is 301 Å². The van der Waals surface area contributed by atoms with Gasteiger partial charge in [0.25, 0.3) is 5.91 Å². The highest BCUT2D eigenvalue weighted by Crippen LogP contribution is 2.58. The number of ketones is 1. The lowest BCUT2D eigenvalue weighted by Crippen LogP contribution is -2.65. The quantitative estimate of drug-likeness (QED) is 0.146. The van der Waals surface area contributed by atoms with Gasteiger partial charge in [-0.1, -0.05) is 59.8 Å². The van der Waals surface area contributed by atoms with E-state index in [0.29, 0.717) is 44.9 Å². The van der Waals surface area contributed by atoms with E-state index in [1.54, 1.807) is 0 Å². The third-order valence-corrected chi connectivity index (χ3v) is 14.6. The molecule has 6 unspecified atom stereocenters. The first-order chi connectivity index (χ1) is 22.9. The fourth-order valence-corrected chi connectivity index (χ4v) is 11.9. The summed E-state index contributed by atoms with van der Waals surface area (Å²) in [5, 5.41) is 7.98. The number of urea groups is 1. The number of fused-ring (bicyclic) bond motifs is 1. The van der Waals surface area contributed by atoms with Gasteiger partial charge in [-0.15, -0.1) is 23.2 Å². The van der Waals surface area contributed by atoms with E-state index >= 15 is 0 Å². The van der Waals surface area contributed by atoms with Crippen molar-refractivity contribution in [2.45, 2.75) is 150 Å². The Bertz CT molecular complexity index is 1430. The number of unbranched alkanes of at least 4 members (excludes halogenated alkanes) is 1. The monoisotopic (exact) mass is 741 g/mol. The number of hydrogen-bond donors (Lipinski definition) is 3. The average molecular weight is 743 g/mol. The van der Waals surface area contributed by atoms with Crippen molar-refractivity contribution in [1.29, 1.82) is 0 Å². The summed E-state index contributed by atoms with van der Waals surface area (Å²) in [6.07, 6.45) is 8.41. The molecule has 49 heavy (non-hydrogen) atoms. The number of alkyl halides is 2. The van der Waals surface area contributed by atoms with Gasteiger partial charge in [-0.3, -0.25) is 14.4 Å². The van der Waals surface area contributed by atoms with Gasteiger partial charge >= 0.3 is 6.03 Å². The topological polar surface area (TPSA) is 159 Å². The number of Topliss-reactive ketones (excluding diaryl/α,β-unsaturated/α-hetero) is 1. The second kappa shape index (κ2) is 14.6. The second-order valence-electron chi connectivity index (χ2n) is 16.2. The van der Waals surface area contributed by atoms with Gasteiger partial charge in [0.1, 0.15) is 16.1 Å². The van der Waals surface area contributed by atoms with E-state index < -0.39 is 83.5 Å². The molecule has 5 fully saturated rings. The Morgan fingerprint density at radius 3 is 2.22 bits per heavy atom. The maximum atomic E-state index is 14.5. The molecule has 5 rings (SSSR count). The number of nitrogens with one attached hydrogen (secondary N) is 3. The van der Waals surface area contributed by atoms with Crippen molar-refractivity contribution >= 4 is 69.6 Å². The summed E-state index contributed by atoms with van der Waals surface area (Å²) in [6.45, 7) is 7.59. The molecule has 3 N–H and O–H groups in total. The average Bonchev–Trinajstić information content (AvgIpc) is 3.66. The van der Waals surface area contributed by atoms with Gasteiger partial charge in [0.2, 0.25) is 19.0 Å². The molecule has 15 heteroatoms. The SMILES string of the molecule is CCCCC([B]C(=O)C1C2C(CN1C(=O)C(NC(=O)NC1(C3CCCS3(=O)=O)CCCCC1)C(C)(C)C)CC2(Cl)Cl)C(=O)C(=O)NC1CC1. The summed E-state index contributed by atoms with van der Waals surface area (Å²) in [6, 6.07) is -2.79. The van der Waals surface area contributed by atoms with E-state index in [4.69, 9.17) is 23.2 Å². The molecule has 3 aliphatic carbocycles. The molecule has 1 radical (unpaired) electrons. The van der Waals surface area contributed by atoms with Crippen LogP contribution >= 0.6 is 23.2 Å². The molecule has 11 nitrogen and oxygen atoms in total. The number of carbonyl (C=O) groups excluding carboxylic acids is 5. The molecule has 0 aromatic rings. The van der Waals surface area contributed by atoms with E-state index in [1.165, 1.54) is 12.2 Å². The maximum Gasteiger partial charge on any atom is 0.315 e. The first kappa shape index (κ1) is 38.4. The van der Waals surface area contributed by atoms with Crippen LogP contribution in [0.3, 0.4) is 0 Å². The van der Waals surface area contributed by atoms with Gasteiger partial charge in [-0.25, -0.2) is 13.2 Å². The summed E-state index contributed by atoms with van der Waals surface area (Å²) in [5.41, 5.74) is -2.21. The minimum atomic E-state index is -3.37. The smallest absolute Gasteiger partial charge is 0.315 e. The Morgan fingerprint density at radius 1 is 1.00 bits per heavy atom. The Morgan fingerprint density at radius 2 is 1.67 bits per heavy atom. The van der Waals surface area contributed by atoms with Gasteiger partial charge < -0.3 is 25.6 Å². The van der Waals surface area contributed by atoms with Crippen molar-refractivity contribution in [3.8, 4) is 0 Å². The number of nitrogens with zero attached hydrogens (tertiary/aromatic N) is 1. The van der Waals surface area contributed by atoms with Crippen LogP contribution in [0, 0.1) is 17.3 Å². The number of sulfone groups is 1.